The average Bonchev–Trinajstić information content (AvgIpc) is 1.88. The largest absolute Gasteiger partial charge is 0.0842 e. The van der Waals surface area contributed by atoms with Crippen LogP contribution in [-0.4, -0.2) is 12.7 Å². The molecule has 3 heteroatoms. The number of rotatable bonds is 0. The second kappa shape index (κ2) is 2.87. The van der Waals surface area contributed by atoms with E-state index in [1.54, 1.807) is 0 Å². The summed E-state index contributed by atoms with van der Waals surface area (Å²) in [6.45, 7) is 0. The van der Waals surface area contributed by atoms with Crippen molar-refractivity contribution in [3.8, 4) is 0 Å². The first kappa shape index (κ1) is 8.29. The highest BCUT2D eigenvalue weighted by Crippen LogP contribution is 2.52. The van der Waals surface area contributed by atoms with Gasteiger partial charge < -0.3 is 0 Å². The third-order valence-corrected chi connectivity index (χ3v) is 6.59. The van der Waals surface area contributed by atoms with Crippen molar-refractivity contribution in [3.05, 3.63) is 12.2 Å². The summed E-state index contributed by atoms with van der Waals surface area (Å²) in [5, 5.41) is 0. The van der Waals surface area contributed by atoms with Crippen LogP contribution >= 0.6 is 61.1 Å². The number of fused-ring (bicyclic) bond motifs is 1. The number of alkyl halides is 3. The minimum Gasteiger partial charge on any atom is -0.0842 e. The highest BCUT2D eigenvalue weighted by atomic mass is 127. The Morgan fingerprint density at radius 1 is 1.10 bits per heavy atom. The van der Waals surface area contributed by atoms with Gasteiger partial charge >= 0.3 is 0 Å². The van der Waals surface area contributed by atoms with E-state index in [-0.39, 0.29) is 0 Å². The van der Waals surface area contributed by atoms with Gasteiger partial charge in [0, 0.05) is 18.6 Å². The Bertz CT molecular complexity index is 170. The molecule has 0 radical (unpaired) electrons. The van der Waals surface area contributed by atoms with E-state index in [9.17, 15) is 0 Å². The van der Waals surface area contributed by atoms with Crippen LogP contribution in [0.3, 0.4) is 0 Å². The average molecular weight is 425 g/mol. The maximum absolute atomic E-state index is 3.68. The Morgan fingerprint density at radius 2 is 1.70 bits per heavy atom. The lowest BCUT2D eigenvalue weighted by Gasteiger charge is -2.50. The minimum absolute atomic E-state index is 0.640. The fourth-order valence-electron chi connectivity index (χ4n) is 1.65. The van der Waals surface area contributed by atoms with Crippen molar-refractivity contribution in [2.24, 2.45) is 11.8 Å². The zero-order valence-electron chi connectivity index (χ0n) is 5.18. The van der Waals surface area contributed by atoms with E-state index < -0.39 is 0 Å². The summed E-state index contributed by atoms with van der Waals surface area (Å²) in [7, 11) is 0. The van der Waals surface area contributed by atoms with Gasteiger partial charge in [-0.05, 0) is 5.92 Å². The van der Waals surface area contributed by atoms with Crippen LogP contribution < -0.4 is 0 Å². The second-order valence-electron chi connectivity index (χ2n) is 2.87. The standard InChI is InChI=1S/C7H7BrI2/c8-4-2-1-3-6(9)5(4)7(3)10/h1-7H/t3?,4-,5?,6+,7?/m0/s1. The van der Waals surface area contributed by atoms with Gasteiger partial charge in [0.1, 0.15) is 0 Å². The van der Waals surface area contributed by atoms with Crippen LogP contribution in [0.2, 0.25) is 0 Å². The summed E-state index contributed by atoms with van der Waals surface area (Å²) in [6.07, 6.45) is 4.67. The predicted octanol–water partition coefficient (Wildman–Crippen LogP) is 3.17. The molecule has 0 saturated heterocycles. The summed E-state index contributed by atoms with van der Waals surface area (Å²) in [5.74, 6) is 1.75. The summed E-state index contributed by atoms with van der Waals surface area (Å²) < 4.78 is 1.77. The highest BCUT2D eigenvalue weighted by molar-refractivity contribution is 14.1. The molecule has 3 unspecified atom stereocenters. The smallest absolute Gasteiger partial charge is 0.0374 e. The van der Waals surface area contributed by atoms with Crippen molar-refractivity contribution in [2.75, 3.05) is 0 Å². The molecule has 0 aromatic heterocycles. The van der Waals surface area contributed by atoms with Gasteiger partial charge in [0.05, 0.1) is 0 Å². The van der Waals surface area contributed by atoms with Crippen LogP contribution in [-0.2, 0) is 0 Å². The molecular formula is C7H7BrI2. The Hall–Kier alpha value is 1.68. The molecule has 1 saturated carbocycles. The molecule has 1 fully saturated rings. The van der Waals surface area contributed by atoms with Gasteiger partial charge in [0.2, 0.25) is 0 Å². The Labute approximate surface area is 96.6 Å². The Morgan fingerprint density at radius 3 is 2.00 bits per heavy atom. The maximum Gasteiger partial charge on any atom is 0.0374 e. The van der Waals surface area contributed by atoms with E-state index in [0.717, 1.165) is 19.7 Å². The van der Waals surface area contributed by atoms with E-state index >= 15 is 0 Å². The second-order valence-corrected chi connectivity index (χ2v) is 6.81. The van der Waals surface area contributed by atoms with Crippen molar-refractivity contribution in [2.45, 2.75) is 12.7 Å². The molecule has 0 heterocycles. The molecule has 56 valence electrons. The third-order valence-electron chi connectivity index (χ3n) is 2.36. The molecule has 0 amide bonds. The molecule has 2 bridgehead atoms. The van der Waals surface area contributed by atoms with Crippen molar-refractivity contribution < 1.29 is 0 Å². The zero-order chi connectivity index (χ0) is 7.30. The fraction of sp³-hybridized carbons (Fsp3) is 0.714. The number of hydrogen-bond acceptors (Lipinski definition) is 0. The monoisotopic (exact) mass is 424 g/mol. The van der Waals surface area contributed by atoms with Crippen LogP contribution in [0, 0.1) is 11.8 Å². The molecule has 0 aromatic rings. The van der Waals surface area contributed by atoms with Crippen LogP contribution in [0.15, 0.2) is 12.2 Å². The fourth-order valence-corrected chi connectivity index (χ4v) is 8.37. The summed E-state index contributed by atoms with van der Waals surface area (Å²) in [4.78, 5) is 0.640. The van der Waals surface area contributed by atoms with E-state index in [1.807, 2.05) is 0 Å². The molecule has 10 heavy (non-hydrogen) atoms. The van der Waals surface area contributed by atoms with Crippen molar-refractivity contribution in [1.82, 2.24) is 0 Å². The topological polar surface area (TPSA) is 0 Å². The summed E-state index contributed by atoms with van der Waals surface area (Å²) >= 11 is 8.83. The number of allylic oxidation sites excluding steroid dienone is 2. The quantitative estimate of drug-likeness (QED) is 0.318. The van der Waals surface area contributed by atoms with E-state index in [0.29, 0.717) is 4.83 Å². The predicted molar refractivity (Wildman–Crippen MR) is 64.5 cm³/mol. The first-order chi connectivity index (χ1) is 4.72. The molecule has 3 aliphatic carbocycles. The molecular weight excluding hydrogens is 418 g/mol. The first-order valence-electron chi connectivity index (χ1n) is 3.32. The van der Waals surface area contributed by atoms with Crippen molar-refractivity contribution >= 4 is 61.1 Å². The van der Waals surface area contributed by atoms with E-state index in [1.165, 1.54) is 0 Å². The lowest BCUT2D eigenvalue weighted by atomic mass is 9.69. The lowest BCUT2D eigenvalue weighted by molar-refractivity contribution is 0.291. The number of hydrogen-bond donors (Lipinski definition) is 0. The molecule has 0 N–H and O–H groups in total. The molecule has 3 rings (SSSR count). The van der Waals surface area contributed by atoms with Crippen LogP contribution in [0.25, 0.3) is 0 Å². The molecule has 5 atom stereocenters. The molecule has 0 spiro atoms. The molecule has 3 aliphatic rings. The van der Waals surface area contributed by atoms with Gasteiger partial charge in [0.15, 0.2) is 0 Å². The van der Waals surface area contributed by atoms with Crippen molar-refractivity contribution in [1.29, 1.82) is 0 Å². The maximum atomic E-state index is 3.68. The van der Waals surface area contributed by atoms with Crippen LogP contribution in [0.5, 0.6) is 0 Å². The lowest BCUT2D eigenvalue weighted by Crippen LogP contribution is -2.54. The van der Waals surface area contributed by atoms with Gasteiger partial charge in [0.25, 0.3) is 0 Å². The SMILES string of the molecule is Br[C@H]1C=CC2C(I)C1[C@@H]2I. The Balaban J connectivity index is 2.24. The highest BCUT2D eigenvalue weighted by Gasteiger charge is 2.51. The van der Waals surface area contributed by atoms with Crippen LogP contribution in [0.4, 0.5) is 0 Å². The normalized spacial score (nSPS) is 58.1. The Kier molecular flexibility index (Phi) is 2.38. The summed E-state index contributed by atoms with van der Waals surface area (Å²) in [6, 6.07) is 0. The molecule has 0 nitrogen and oxygen atoms in total. The van der Waals surface area contributed by atoms with Gasteiger partial charge in [-0.25, -0.2) is 0 Å². The van der Waals surface area contributed by atoms with Gasteiger partial charge in [-0.2, -0.15) is 0 Å². The zero-order valence-corrected chi connectivity index (χ0v) is 11.1. The first-order valence-corrected chi connectivity index (χ1v) is 6.73. The number of halogens is 3. The third kappa shape index (κ3) is 1.02. The van der Waals surface area contributed by atoms with Crippen LogP contribution in [0.1, 0.15) is 0 Å². The minimum atomic E-state index is 0.640. The van der Waals surface area contributed by atoms with E-state index in [2.05, 4.69) is 73.3 Å². The van der Waals surface area contributed by atoms with Gasteiger partial charge in [-0.3, -0.25) is 0 Å². The van der Waals surface area contributed by atoms with Crippen molar-refractivity contribution in [3.63, 3.8) is 0 Å². The molecule has 0 aliphatic heterocycles. The van der Waals surface area contributed by atoms with Gasteiger partial charge in [-0.15, -0.1) is 0 Å². The van der Waals surface area contributed by atoms with E-state index in [4.69, 9.17) is 0 Å². The summed E-state index contributed by atoms with van der Waals surface area (Å²) in [5.41, 5.74) is 0. The molecule has 0 aromatic carbocycles. The van der Waals surface area contributed by atoms with Gasteiger partial charge in [-0.1, -0.05) is 73.3 Å².